The quantitative estimate of drug-likeness (QED) is 0.317. The number of nitro benzene ring substituents is 1. The Balaban J connectivity index is 1.89. The first-order valence-electron chi connectivity index (χ1n) is 7.99. The maximum absolute atomic E-state index is 12.8. The fraction of sp³-hybridized carbons (Fsp3) is 0.158. The normalized spacial score (nSPS) is 16.0. The van der Waals surface area contributed by atoms with Gasteiger partial charge in [-0.3, -0.25) is 19.8 Å². The molecule has 1 amide bonds. The number of rotatable bonds is 4. The molecule has 0 saturated carbocycles. The lowest BCUT2D eigenvalue weighted by atomic mass is 10.0. The molecule has 1 aliphatic heterocycles. The molecule has 3 rings (SSSR count). The second-order valence-corrected chi connectivity index (χ2v) is 7.79. The minimum Gasteiger partial charge on any atom is -0.268 e. The van der Waals surface area contributed by atoms with Gasteiger partial charge < -0.3 is 0 Å². The third kappa shape index (κ3) is 3.68. The summed E-state index contributed by atoms with van der Waals surface area (Å²) in [5.41, 5.74) is 2.46. The van der Waals surface area contributed by atoms with Crippen molar-refractivity contribution >= 4 is 51.7 Å². The van der Waals surface area contributed by atoms with Gasteiger partial charge in [0.15, 0.2) is 4.32 Å². The van der Waals surface area contributed by atoms with Crippen LogP contribution in [0.1, 0.15) is 30.9 Å². The molecule has 0 aromatic heterocycles. The lowest BCUT2D eigenvalue weighted by molar-refractivity contribution is -0.384. The zero-order valence-corrected chi connectivity index (χ0v) is 15.8. The summed E-state index contributed by atoms with van der Waals surface area (Å²) in [5.74, 6) is 0.171. The van der Waals surface area contributed by atoms with Gasteiger partial charge in [0.2, 0.25) is 0 Å². The summed E-state index contributed by atoms with van der Waals surface area (Å²) in [4.78, 5) is 25.1. The van der Waals surface area contributed by atoms with Crippen molar-refractivity contribution < 1.29 is 9.72 Å². The minimum atomic E-state index is -0.493. The Kier molecular flexibility index (Phi) is 5.20. The van der Waals surface area contributed by atoms with Crippen LogP contribution in [0, 0.1) is 10.1 Å². The van der Waals surface area contributed by atoms with Gasteiger partial charge in [-0.05, 0) is 29.2 Å². The van der Waals surface area contributed by atoms with E-state index in [9.17, 15) is 14.9 Å². The summed E-state index contributed by atoms with van der Waals surface area (Å²) in [6, 6.07) is 13.9. The second-order valence-electron chi connectivity index (χ2n) is 6.12. The lowest BCUT2D eigenvalue weighted by Gasteiger charge is -2.13. The maximum atomic E-state index is 12.8. The number of anilines is 1. The second kappa shape index (κ2) is 7.39. The number of nitrogens with zero attached hydrogens (tertiary/aromatic N) is 2. The first-order chi connectivity index (χ1) is 12.4. The number of hydrogen-bond acceptors (Lipinski definition) is 5. The molecule has 2 aromatic carbocycles. The molecule has 5 nitrogen and oxygen atoms in total. The summed E-state index contributed by atoms with van der Waals surface area (Å²) in [6.45, 7) is 4.25. The van der Waals surface area contributed by atoms with E-state index in [2.05, 4.69) is 13.8 Å². The van der Waals surface area contributed by atoms with Crippen LogP contribution in [0.25, 0.3) is 6.08 Å². The zero-order chi connectivity index (χ0) is 18.8. The van der Waals surface area contributed by atoms with Gasteiger partial charge in [-0.25, -0.2) is 0 Å². The summed E-state index contributed by atoms with van der Waals surface area (Å²) in [5, 5.41) is 11.0. The molecule has 2 aromatic rings. The molecule has 0 aliphatic carbocycles. The van der Waals surface area contributed by atoms with Crippen molar-refractivity contribution in [3.8, 4) is 0 Å². The minimum absolute atomic E-state index is 0.0789. The van der Waals surface area contributed by atoms with Crippen LogP contribution in [0.4, 0.5) is 11.4 Å². The van der Waals surface area contributed by atoms with Gasteiger partial charge in [-0.1, -0.05) is 68.2 Å². The molecule has 26 heavy (non-hydrogen) atoms. The monoisotopic (exact) mass is 384 g/mol. The van der Waals surface area contributed by atoms with Crippen molar-refractivity contribution in [2.45, 2.75) is 19.8 Å². The standard InChI is InChI=1S/C19H16N2O3S2/c1-12(2)14-8-6-13(7-9-14)10-17-18(22)20(19(25)26-17)15-4-3-5-16(11-15)21(23)24/h3-12H,1-2H3/b17-10+. The van der Waals surface area contributed by atoms with Gasteiger partial charge >= 0.3 is 0 Å². The molecular formula is C19H16N2O3S2. The highest BCUT2D eigenvalue weighted by Gasteiger charge is 2.33. The third-order valence-electron chi connectivity index (χ3n) is 3.99. The Morgan fingerprint density at radius 2 is 1.88 bits per heavy atom. The van der Waals surface area contributed by atoms with Crippen LogP contribution in [0.5, 0.6) is 0 Å². The van der Waals surface area contributed by atoms with E-state index in [1.54, 1.807) is 18.2 Å². The average molecular weight is 384 g/mol. The summed E-state index contributed by atoms with van der Waals surface area (Å²) >= 11 is 6.51. The predicted molar refractivity (Wildman–Crippen MR) is 109 cm³/mol. The van der Waals surface area contributed by atoms with Crippen molar-refractivity contribution in [2.75, 3.05) is 4.90 Å². The number of nitro groups is 1. The number of carbonyl (C=O) groups excluding carboxylic acids is 1. The zero-order valence-electron chi connectivity index (χ0n) is 14.2. The molecule has 1 fully saturated rings. The number of amides is 1. The van der Waals surface area contributed by atoms with E-state index in [1.807, 2.05) is 24.3 Å². The van der Waals surface area contributed by atoms with Crippen LogP contribution >= 0.6 is 24.0 Å². The molecule has 0 radical (unpaired) electrons. The Hall–Kier alpha value is -2.51. The van der Waals surface area contributed by atoms with Crippen molar-refractivity contribution in [1.82, 2.24) is 0 Å². The van der Waals surface area contributed by atoms with E-state index in [0.29, 0.717) is 20.8 Å². The van der Waals surface area contributed by atoms with Crippen LogP contribution in [0.2, 0.25) is 0 Å². The molecule has 0 atom stereocenters. The molecule has 1 aliphatic rings. The lowest BCUT2D eigenvalue weighted by Crippen LogP contribution is -2.27. The van der Waals surface area contributed by atoms with Crippen LogP contribution in [0.15, 0.2) is 53.4 Å². The van der Waals surface area contributed by atoms with Gasteiger partial charge in [0.05, 0.1) is 15.5 Å². The fourth-order valence-electron chi connectivity index (χ4n) is 2.56. The molecular weight excluding hydrogens is 368 g/mol. The summed E-state index contributed by atoms with van der Waals surface area (Å²) < 4.78 is 0.362. The van der Waals surface area contributed by atoms with E-state index in [-0.39, 0.29) is 11.6 Å². The number of hydrogen-bond donors (Lipinski definition) is 0. The van der Waals surface area contributed by atoms with E-state index in [4.69, 9.17) is 12.2 Å². The summed E-state index contributed by atoms with van der Waals surface area (Å²) in [7, 11) is 0. The van der Waals surface area contributed by atoms with Crippen LogP contribution < -0.4 is 4.90 Å². The number of benzene rings is 2. The van der Waals surface area contributed by atoms with Crippen LogP contribution in [-0.4, -0.2) is 15.2 Å². The highest BCUT2D eigenvalue weighted by atomic mass is 32.2. The molecule has 7 heteroatoms. The van der Waals surface area contributed by atoms with Crippen molar-refractivity contribution in [2.24, 2.45) is 0 Å². The SMILES string of the molecule is CC(C)c1ccc(/C=C2/SC(=S)N(c3cccc([N+](=O)[O-])c3)C2=O)cc1. The number of thioether (sulfide) groups is 1. The largest absolute Gasteiger partial charge is 0.271 e. The highest BCUT2D eigenvalue weighted by molar-refractivity contribution is 8.27. The van der Waals surface area contributed by atoms with E-state index in [1.165, 1.54) is 34.4 Å². The Morgan fingerprint density at radius 3 is 2.50 bits per heavy atom. The van der Waals surface area contributed by atoms with Crippen molar-refractivity contribution in [3.63, 3.8) is 0 Å². The van der Waals surface area contributed by atoms with Crippen LogP contribution in [0.3, 0.4) is 0 Å². The molecule has 0 unspecified atom stereocenters. The number of carbonyl (C=O) groups is 1. The number of thiocarbonyl (C=S) groups is 1. The molecule has 1 heterocycles. The summed E-state index contributed by atoms with van der Waals surface area (Å²) in [6.07, 6.45) is 1.79. The first kappa shape index (κ1) is 18.3. The Morgan fingerprint density at radius 1 is 1.19 bits per heavy atom. The molecule has 132 valence electrons. The molecule has 0 N–H and O–H groups in total. The highest BCUT2D eigenvalue weighted by Crippen LogP contribution is 2.37. The van der Waals surface area contributed by atoms with Gasteiger partial charge in [0.25, 0.3) is 11.6 Å². The van der Waals surface area contributed by atoms with E-state index >= 15 is 0 Å². The van der Waals surface area contributed by atoms with E-state index in [0.717, 1.165) is 5.56 Å². The van der Waals surface area contributed by atoms with Gasteiger partial charge in [-0.15, -0.1) is 0 Å². The molecule has 0 bridgehead atoms. The molecule has 0 spiro atoms. The van der Waals surface area contributed by atoms with E-state index < -0.39 is 4.92 Å². The van der Waals surface area contributed by atoms with Gasteiger partial charge in [-0.2, -0.15) is 0 Å². The topological polar surface area (TPSA) is 63.4 Å². The van der Waals surface area contributed by atoms with Crippen molar-refractivity contribution in [1.29, 1.82) is 0 Å². The maximum Gasteiger partial charge on any atom is 0.271 e. The fourth-order valence-corrected chi connectivity index (χ4v) is 3.86. The smallest absolute Gasteiger partial charge is 0.268 e. The van der Waals surface area contributed by atoms with Crippen molar-refractivity contribution in [3.05, 3.63) is 74.7 Å². The third-order valence-corrected chi connectivity index (χ3v) is 5.30. The average Bonchev–Trinajstić information content (AvgIpc) is 2.89. The Labute approximate surface area is 160 Å². The molecule has 1 saturated heterocycles. The van der Waals surface area contributed by atoms with Gasteiger partial charge in [0.1, 0.15) is 0 Å². The van der Waals surface area contributed by atoms with Crippen LogP contribution in [-0.2, 0) is 4.79 Å². The predicted octanol–water partition coefficient (Wildman–Crippen LogP) is 5.12. The number of non-ortho nitro benzene ring substituents is 1. The van der Waals surface area contributed by atoms with Gasteiger partial charge in [0, 0.05) is 12.1 Å². The Bertz CT molecular complexity index is 921. The first-order valence-corrected chi connectivity index (χ1v) is 9.21.